The molecule has 9 aromatic rings. The number of hydrogen-bond acceptors (Lipinski definition) is 0. The summed E-state index contributed by atoms with van der Waals surface area (Å²) >= 11 is 0. The average molecular weight is 597 g/mol. The number of hydrogen-bond donors (Lipinski definition) is 0. The Morgan fingerprint density at radius 3 is 1.47 bits per heavy atom. The highest BCUT2D eigenvalue weighted by atomic mass is 14.4. The Labute approximate surface area is 274 Å². The van der Waals surface area contributed by atoms with Crippen LogP contribution in [0.3, 0.4) is 0 Å². The molecule has 0 saturated heterocycles. The summed E-state index contributed by atoms with van der Waals surface area (Å²) in [4.78, 5) is 0. The van der Waals surface area contributed by atoms with Crippen molar-refractivity contribution in [3.05, 3.63) is 169 Å². The topological polar surface area (TPSA) is 0 Å². The van der Waals surface area contributed by atoms with E-state index in [1.54, 1.807) is 0 Å². The molecule has 0 aliphatic heterocycles. The maximum atomic E-state index is 2.46. The Hall–Kier alpha value is -5.72. The molecule has 0 bridgehead atoms. The summed E-state index contributed by atoms with van der Waals surface area (Å²) in [7, 11) is 0. The zero-order chi connectivity index (χ0) is 31.3. The molecule has 0 aromatic heterocycles. The van der Waals surface area contributed by atoms with Gasteiger partial charge in [-0.3, -0.25) is 0 Å². The van der Waals surface area contributed by atoms with Gasteiger partial charge in [-0.2, -0.15) is 0 Å². The molecule has 0 amide bonds. The smallest absolute Gasteiger partial charge is 0.0165 e. The standard InChI is InChI=1S/C47H32/c1-47(2)43-26-23-33(28-42(43)41-25-21-30-12-4-6-14-36(30)46(41)47)45-39-17-9-7-15-37(39)44(38-16-8-10-18-40(38)45)32-22-24-35-31(27-32)20-19-29-11-3-5-13-34(29)35/h3-28H,1-2H3. The summed E-state index contributed by atoms with van der Waals surface area (Å²) < 4.78 is 0. The third-order valence-electron chi connectivity index (χ3n) is 10.8. The molecule has 220 valence electrons. The van der Waals surface area contributed by atoms with Crippen molar-refractivity contribution in [2.75, 3.05) is 0 Å². The molecular formula is C47H32. The normalized spacial score (nSPS) is 13.5. The second-order valence-corrected chi connectivity index (χ2v) is 13.7. The van der Waals surface area contributed by atoms with Crippen molar-refractivity contribution in [2.45, 2.75) is 19.3 Å². The van der Waals surface area contributed by atoms with E-state index in [0.717, 1.165) is 0 Å². The molecule has 1 aliphatic carbocycles. The molecule has 0 heterocycles. The van der Waals surface area contributed by atoms with Gasteiger partial charge >= 0.3 is 0 Å². The Morgan fingerprint density at radius 1 is 0.340 bits per heavy atom. The number of benzene rings is 9. The van der Waals surface area contributed by atoms with E-state index >= 15 is 0 Å². The molecule has 0 spiro atoms. The molecule has 0 fully saturated rings. The van der Waals surface area contributed by atoms with Gasteiger partial charge in [-0.25, -0.2) is 0 Å². The average Bonchev–Trinajstić information content (AvgIpc) is 3.36. The summed E-state index contributed by atoms with van der Waals surface area (Å²) in [6.07, 6.45) is 0. The van der Waals surface area contributed by atoms with Gasteiger partial charge in [-0.15, -0.1) is 0 Å². The van der Waals surface area contributed by atoms with Crippen molar-refractivity contribution in [2.24, 2.45) is 0 Å². The molecule has 0 nitrogen and oxygen atoms in total. The summed E-state index contributed by atoms with van der Waals surface area (Å²) in [6.45, 7) is 4.77. The Balaban J connectivity index is 1.24. The lowest BCUT2D eigenvalue weighted by molar-refractivity contribution is 0.666. The van der Waals surface area contributed by atoms with Gasteiger partial charge in [-0.05, 0) is 111 Å². The van der Waals surface area contributed by atoms with Crippen LogP contribution in [0.1, 0.15) is 25.0 Å². The fourth-order valence-electron chi connectivity index (χ4n) is 8.69. The van der Waals surface area contributed by atoms with Crippen molar-refractivity contribution in [1.29, 1.82) is 0 Å². The lowest BCUT2D eigenvalue weighted by Gasteiger charge is -2.23. The van der Waals surface area contributed by atoms with Crippen LogP contribution in [0.15, 0.2) is 158 Å². The fraction of sp³-hybridized carbons (Fsp3) is 0.0638. The fourth-order valence-corrected chi connectivity index (χ4v) is 8.69. The van der Waals surface area contributed by atoms with Crippen molar-refractivity contribution in [3.8, 4) is 33.4 Å². The van der Waals surface area contributed by atoms with Gasteiger partial charge in [0.05, 0.1) is 0 Å². The molecular weight excluding hydrogens is 565 g/mol. The summed E-state index contributed by atoms with van der Waals surface area (Å²) in [5, 5.41) is 13.0. The Morgan fingerprint density at radius 2 is 0.809 bits per heavy atom. The predicted molar refractivity (Wildman–Crippen MR) is 202 cm³/mol. The van der Waals surface area contributed by atoms with Crippen LogP contribution >= 0.6 is 0 Å². The molecule has 0 saturated carbocycles. The quantitative estimate of drug-likeness (QED) is 0.138. The van der Waals surface area contributed by atoms with Gasteiger partial charge in [0, 0.05) is 5.41 Å². The van der Waals surface area contributed by atoms with Crippen molar-refractivity contribution in [3.63, 3.8) is 0 Å². The lowest BCUT2D eigenvalue weighted by atomic mass is 9.80. The highest BCUT2D eigenvalue weighted by Crippen LogP contribution is 2.53. The van der Waals surface area contributed by atoms with Crippen LogP contribution < -0.4 is 0 Å². The molecule has 0 atom stereocenters. The van der Waals surface area contributed by atoms with Crippen LogP contribution in [0.4, 0.5) is 0 Å². The largest absolute Gasteiger partial charge is 0.0616 e. The summed E-state index contributed by atoms with van der Waals surface area (Å²) in [5.74, 6) is 0. The van der Waals surface area contributed by atoms with E-state index in [1.165, 1.54) is 98.4 Å². The van der Waals surface area contributed by atoms with Crippen molar-refractivity contribution >= 4 is 53.9 Å². The van der Waals surface area contributed by atoms with Gasteiger partial charge in [0.15, 0.2) is 0 Å². The molecule has 9 aromatic carbocycles. The van der Waals surface area contributed by atoms with Crippen molar-refractivity contribution in [1.82, 2.24) is 0 Å². The molecule has 1 aliphatic rings. The van der Waals surface area contributed by atoms with Crippen LogP contribution in [-0.2, 0) is 5.41 Å². The molecule has 0 heteroatoms. The van der Waals surface area contributed by atoms with E-state index < -0.39 is 0 Å². The van der Waals surface area contributed by atoms with Crippen LogP contribution in [0, 0.1) is 0 Å². The van der Waals surface area contributed by atoms with Crippen molar-refractivity contribution < 1.29 is 0 Å². The first kappa shape index (κ1) is 26.5. The Kier molecular flexibility index (Phi) is 5.44. The zero-order valence-corrected chi connectivity index (χ0v) is 26.5. The van der Waals surface area contributed by atoms with Crippen LogP contribution in [0.5, 0.6) is 0 Å². The second kappa shape index (κ2) is 9.64. The highest BCUT2D eigenvalue weighted by molar-refractivity contribution is 6.22. The van der Waals surface area contributed by atoms with E-state index in [-0.39, 0.29) is 5.41 Å². The molecule has 0 unspecified atom stereocenters. The minimum Gasteiger partial charge on any atom is -0.0616 e. The van der Waals surface area contributed by atoms with Gasteiger partial charge in [0.2, 0.25) is 0 Å². The van der Waals surface area contributed by atoms with Crippen LogP contribution in [0.25, 0.3) is 87.2 Å². The predicted octanol–water partition coefficient (Wildman–Crippen LogP) is 13.1. The minimum atomic E-state index is -0.0700. The first-order valence-electron chi connectivity index (χ1n) is 16.6. The van der Waals surface area contributed by atoms with E-state index in [1.807, 2.05) is 0 Å². The Bertz CT molecular complexity index is 2700. The van der Waals surface area contributed by atoms with E-state index in [2.05, 4.69) is 172 Å². The minimum absolute atomic E-state index is 0.0700. The maximum Gasteiger partial charge on any atom is 0.0165 e. The van der Waals surface area contributed by atoms with Gasteiger partial charge in [-0.1, -0.05) is 159 Å². The second-order valence-electron chi connectivity index (χ2n) is 13.7. The molecule has 0 N–H and O–H groups in total. The third kappa shape index (κ3) is 3.70. The van der Waals surface area contributed by atoms with Crippen LogP contribution in [-0.4, -0.2) is 0 Å². The highest BCUT2D eigenvalue weighted by Gasteiger charge is 2.37. The monoisotopic (exact) mass is 596 g/mol. The van der Waals surface area contributed by atoms with Gasteiger partial charge in [0.25, 0.3) is 0 Å². The summed E-state index contributed by atoms with van der Waals surface area (Å²) in [6, 6.07) is 58.9. The summed E-state index contributed by atoms with van der Waals surface area (Å²) in [5.41, 5.74) is 10.6. The van der Waals surface area contributed by atoms with E-state index in [9.17, 15) is 0 Å². The SMILES string of the molecule is CC1(C)c2ccc(-c3c4ccccc4c(-c4ccc5c(ccc6ccccc65)c4)c4ccccc34)cc2-c2ccc3ccccc3c21. The zero-order valence-electron chi connectivity index (χ0n) is 26.5. The molecule has 47 heavy (non-hydrogen) atoms. The first-order chi connectivity index (χ1) is 23.1. The molecule has 0 radical (unpaired) electrons. The number of fused-ring (bicyclic) bond motifs is 10. The first-order valence-corrected chi connectivity index (χ1v) is 16.6. The maximum absolute atomic E-state index is 2.46. The van der Waals surface area contributed by atoms with Crippen LogP contribution in [0.2, 0.25) is 0 Å². The van der Waals surface area contributed by atoms with Gasteiger partial charge in [0.1, 0.15) is 0 Å². The number of rotatable bonds is 2. The van der Waals surface area contributed by atoms with Gasteiger partial charge < -0.3 is 0 Å². The molecule has 10 rings (SSSR count). The third-order valence-corrected chi connectivity index (χ3v) is 10.8. The van der Waals surface area contributed by atoms with E-state index in [0.29, 0.717) is 0 Å². The lowest BCUT2D eigenvalue weighted by Crippen LogP contribution is -2.15. The van der Waals surface area contributed by atoms with E-state index in [4.69, 9.17) is 0 Å².